The van der Waals surface area contributed by atoms with E-state index in [2.05, 4.69) is 22.9 Å². The molecule has 3 rings (SSSR count). The van der Waals surface area contributed by atoms with Crippen molar-refractivity contribution in [2.24, 2.45) is 11.8 Å². The number of carbonyl (C=O) groups excluding carboxylic acids is 2. The van der Waals surface area contributed by atoms with Crippen molar-refractivity contribution in [3.63, 3.8) is 0 Å². The summed E-state index contributed by atoms with van der Waals surface area (Å²) in [4.78, 5) is 34.0. The van der Waals surface area contributed by atoms with Gasteiger partial charge in [0.2, 0.25) is 0 Å². The third-order valence-electron chi connectivity index (χ3n) is 7.62. The molecule has 6 atom stereocenters. The van der Waals surface area contributed by atoms with Gasteiger partial charge >= 0.3 is 12.1 Å². The van der Waals surface area contributed by atoms with Crippen molar-refractivity contribution >= 4 is 12.1 Å². The molecule has 39 heavy (non-hydrogen) atoms. The number of pyridine rings is 1. The van der Waals surface area contributed by atoms with Crippen LogP contribution in [0, 0.1) is 11.8 Å². The maximum atomic E-state index is 12.9. The third-order valence-corrected chi connectivity index (χ3v) is 7.62. The summed E-state index contributed by atoms with van der Waals surface area (Å²) in [5, 5.41) is 10.5. The molecule has 2 aliphatic heterocycles. The smallest absolute Gasteiger partial charge is 0.410 e. The number of piperazine rings is 1. The van der Waals surface area contributed by atoms with Crippen LogP contribution in [0.4, 0.5) is 4.79 Å². The van der Waals surface area contributed by atoms with E-state index < -0.39 is 24.3 Å². The Labute approximate surface area is 233 Å². The number of cyclic esters (lactones) is 1. The fourth-order valence-electron chi connectivity index (χ4n) is 4.84. The number of nitrogens with zero attached hydrogens (tertiary/aromatic N) is 3. The number of ether oxygens (including phenoxy) is 2. The molecule has 214 valence electrons. The monoisotopic (exact) mass is 539 g/mol. The van der Waals surface area contributed by atoms with Gasteiger partial charge in [0.25, 0.3) is 0 Å². The number of allylic oxidation sites excluding steroid dienone is 3. The predicted molar refractivity (Wildman–Crippen MR) is 152 cm³/mol. The minimum absolute atomic E-state index is 0.0129. The molecule has 1 aromatic heterocycles. The molecule has 0 bridgehead atoms. The Bertz CT molecular complexity index is 1020. The van der Waals surface area contributed by atoms with Gasteiger partial charge in [-0.1, -0.05) is 51.1 Å². The maximum absolute atomic E-state index is 12.9. The molecule has 0 saturated carbocycles. The van der Waals surface area contributed by atoms with Gasteiger partial charge in [0.1, 0.15) is 12.2 Å². The second kappa shape index (κ2) is 15.0. The van der Waals surface area contributed by atoms with Gasteiger partial charge in [-0.2, -0.15) is 0 Å². The summed E-state index contributed by atoms with van der Waals surface area (Å²) < 4.78 is 11.8. The standard InChI is InChI=1S/C31H45N3O5/c1-22(27-11-6-7-16-32-27)9-8-10-24(3)30-25(4)13-15-28(23(2)12-14-26(35)21-29(36)39-30)38-31(37)34-19-17-33(5)18-20-34/h6-11,13,15-16,22-23,25-26,28,30,35H,12,14,17-21H2,1-5H3/b9-8+,15-13+,24-10+/t22?,23-,25+,26+,28+,30-/m1/s1. The molecule has 0 radical (unpaired) electrons. The van der Waals surface area contributed by atoms with E-state index in [-0.39, 0.29) is 30.3 Å². The van der Waals surface area contributed by atoms with Gasteiger partial charge < -0.3 is 24.4 Å². The van der Waals surface area contributed by atoms with Crippen LogP contribution in [-0.2, 0) is 14.3 Å². The molecule has 1 N–H and O–H groups in total. The first-order chi connectivity index (χ1) is 18.6. The largest absolute Gasteiger partial charge is 0.457 e. The quantitative estimate of drug-likeness (QED) is 0.329. The number of rotatable bonds is 5. The van der Waals surface area contributed by atoms with Crippen LogP contribution in [-0.4, -0.2) is 83.5 Å². The molecular weight excluding hydrogens is 494 g/mol. The number of amides is 1. The third kappa shape index (κ3) is 9.62. The van der Waals surface area contributed by atoms with E-state index in [4.69, 9.17) is 9.47 Å². The second-order valence-corrected chi connectivity index (χ2v) is 11.0. The first-order valence-corrected chi connectivity index (χ1v) is 14.1. The van der Waals surface area contributed by atoms with E-state index in [1.54, 1.807) is 11.1 Å². The van der Waals surface area contributed by atoms with Crippen molar-refractivity contribution < 1.29 is 24.2 Å². The van der Waals surface area contributed by atoms with E-state index in [1.165, 1.54) is 0 Å². The van der Waals surface area contributed by atoms with Crippen LogP contribution in [0.1, 0.15) is 58.6 Å². The molecule has 3 heterocycles. The zero-order chi connectivity index (χ0) is 28.4. The van der Waals surface area contributed by atoms with E-state index in [9.17, 15) is 14.7 Å². The van der Waals surface area contributed by atoms with Crippen molar-refractivity contribution in [3.8, 4) is 0 Å². The van der Waals surface area contributed by atoms with E-state index in [0.29, 0.717) is 25.9 Å². The fourth-order valence-corrected chi connectivity index (χ4v) is 4.84. The Kier molecular flexibility index (Phi) is 11.7. The molecule has 1 unspecified atom stereocenters. The van der Waals surface area contributed by atoms with E-state index in [0.717, 1.165) is 24.4 Å². The molecule has 8 heteroatoms. The number of likely N-dealkylation sites (N-methyl/N-ethyl adjacent to an activating group) is 1. The van der Waals surface area contributed by atoms with Crippen molar-refractivity contribution in [2.45, 2.75) is 71.2 Å². The Balaban J connectivity index is 1.76. The number of esters is 1. The van der Waals surface area contributed by atoms with Crippen LogP contribution in [0.15, 0.2) is 60.3 Å². The highest BCUT2D eigenvalue weighted by Crippen LogP contribution is 2.25. The Morgan fingerprint density at radius 3 is 2.62 bits per heavy atom. The highest BCUT2D eigenvalue weighted by molar-refractivity contribution is 5.70. The van der Waals surface area contributed by atoms with Crippen LogP contribution in [0.25, 0.3) is 0 Å². The fraction of sp³-hybridized carbons (Fsp3) is 0.581. The highest BCUT2D eigenvalue weighted by Gasteiger charge is 2.29. The minimum Gasteiger partial charge on any atom is -0.457 e. The lowest BCUT2D eigenvalue weighted by atomic mass is 9.92. The molecule has 1 amide bonds. The van der Waals surface area contributed by atoms with Gasteiger partial charge in [0.05, 0.1) is 12.5 Å². The van der Waals surface area contributed by atoms with Crippen LogP contribution < -0.4 is 0 Å². The van der Waals surface area contributed by atoms with Crippen LogP contribution in [0.3, 0.4) is 0 Å². The van der Waals surface area contributed by atoms with Crippen molar-refractivity contribution in [3.05, 3.63) is 66.0 Å². The molecular formula is C31H45N3O5. The summed E-state index contributed by atoms with van der Waals surface area (Å²) in [7, 11) is 2.05. The molecule has 1 aromatic rings. The number of aliphatic hydroxyl groups is 1. The molecule has 2 aliphatic rings. The number of hydrogen-bond donors (Lipinski definition) is 1. The highest BCUT2D eigenvalue weighted by atomic mass is 16.6. The lowest BCUT2D eigenvalue weighted by Crippen LogP contribution is -2.48. The Hall–Kier alpha value is -2.97. The normalized spacial score (nSPS) is 29.7. The second-order valence-electron chi connectivity index (χ2n) is 11.0. The van der Waals surface area contributed by atoms with Crippen molar-refractivity contribution in [1.82, 2.24) is 14.8 Å². The molecule has 1 fully saturated rings. The molecule has 0 aromatic carbocycles. The molecule has 1 saturated heterocycles. The number of aromatic nitrogens is 1. The zero-order valence-corrected chi connectivity index (χ0v) is 24.0. The van der Waals surface area contributed by atoms with Gasteiger partial charge in [-0.05, 0) is 56.5 Å². The van der Waals surface area contributed by atoms with Gasteiger partial charge in [-0.15, -0.1) is 0 Å². The summed E-state index contributed by atoms with van der Waals surface area (Å²) >= 11 is 0. The molecule has 0 aliphatic carbocycles. The lowest BCUT2D eigenvalue weighted by molar-refractivity contribution is -0.151. The Morgan fingerprint density at radius 2 is 1.92 bits per heavy atom. The van der Waals surface area contributed by atoms with Crippen LogP contribution in [0.5, 0.6) is 0 Å². The SMILES string of the molecule is C/C(=C\C=C\C(C)c1ccccn1)[C@H]1OC(=O)C[C@@H](O)CC[C@@H](C)[C@@H](OC(=O)N2CCN(C)CC2)/C=C/[C@@H]1C. The number of hydrogen-bond acceptors (Lipinski definition) is 7. The summed E-state index contributed by atoms with van der Waals surface area (Å²) in [6.07, 6.45) is 10.6. The summed E-state index contributed by atoms with van der Waals surface area (Å²) in [6.45, 7) is 10.9. The first-order valence-electron chi connectivity index (χ1n) is 14.1. The first kappa shape index (κ1) is 30.6. The summed E-state index contributed by atoms with van der Waals surface area (Å²) in [5.41, 5.74) is 1.87. The molecule has 0 spiro atoms. The summed E-state index contributed by atoms with van der Waals surface area (Å²) in [6, 6.07) is 5.86. The molecule has 8 nitrogen and oxygen atoms in total. The van der Waals surface area contributed by atoms with Crippen molar-refractivity contribution in [2.75, 3.05) is 33.2 Å². The van der Waals surface area contributed by atoms with Gasteiger partial charge in [-0.3, -0.25) is 9.78 Å². The van der Waals surface area contributed by atoms with Gasteiger partial charge in [-0.25, -0.2) is 4.79 Å². The predicted octanol–water partition coefficient (Wildman–Crippen LogP) is 4.73. The minimum atomic E-state index is -0.809. The average Bonchev–Trinajstić information content (AvgIpc) is 2.92. The topological polar surface area (TPSA) is 92.2 Å². The maximum Gasteiger partial charge on any atom is 0.410 e. The Morgan fingerprint density at radius 1 is 1.18 bits per heavy atom. The van der Waals surface area contributed by atoms with E-state index in [1.807, 2.05) is 70.3 Å². The van der Waals surface area contributed by atoms with Crippen molar-refractivity contribution in [1.29, 1.82) is 0 Å². The number of carbonyl (C=O) groups is 2. The summed E-state index contributed by atoms with van der Waals surface area (Å²) in [5.74, 6) is -0.460. The number of aliphatic hydroxyl groups excluding tert-OH is 1. The van der Waals surface area contributed by atoms with E-state index >= 15 is 0 Å². The van der Waals surface area contributed by atoms with Crippen LogP contribution >= 0.6 is 0 Å². The van der Waals surface area contributed by atoms with Gasteiger partial charge in [0, 0.05) is 49.9 Å². The van der Waals surface area contributed by atoms with Crippen LogP contribution in [0.2, 0.25) is 0 Å². The average molecular weight is 540 g/mol. The zero-order valence-electron chi connectivity index (χ0n) is 24.0. The van der Waals surface area contributed by atoms with Gasteiger partial charge in [0.15, 0.2) is 0 Å². The lowest BCUT2D eigenvalue weighted by Gasteiger charge is -2.33.